The topological polar surface area (TPSA) is 20.2 Å². The van der Waals surface area contributed by atoms with Crippen LogP contribution in [0, 0.1) is 0 Å². The molecule has 1 nitrogen and oxygen atoms in total. The highest BCUT2D eigenvalue weighted by atomic mass is 16.2. The van der Waals surface area contributed by atoms with Crippen LogP contribution in [-0.2, 0) is 0 Å². The van der Waals surface area contributed by atoms with E-state index < -0.39 is 0 Å². The Morgan fingerprint density at radius 3 is 1.00 bits per heavy atom. The van der Waals surface area contributed by atoms with Crippen LogP contribution in [0.2, 0.25) is 0 Å². The van der Waals surface area contributed by atoms with Crippen LogP contribution in [0.3, 0.4) is 0 Å². The summed E-state index contributed by atoms with van der Waals surface area (Å²) in [7, 11) is 1.00. The zero-order chi connectivity index (χ0) is 4.00. The highest BCUT2D eigenvalue weighted by Crippen LogP contribution is 1.14. The molecule has 0 amide bonds. The zero-order valence-corrected chi connectivity index (χ0v) is 4.02. The lowest BCUT2D eigenvalue weighted by Crippen LogP contribution is -1.25. The smallest absolute Gasteiger partial charge is 0.0319 e. The first-order valence-corrected chi connectivity index (χ1v) is 1.45. The maximum atomic E-state index is 7.00. The minimum absolute atomic E-state index is 0. The van der Waals surface area contributed by atoms with Gasteiger partial charge in [-0.25, -0.2) is 0 Å². The van der Waals surface area contributed by atoms with Crippen LogP contribution < -0.4 is 0 Å². The maximum absolute atomic E-state index is 7.00. The molecule has 0 fully saturated rings. The predicted octanol–water partition coefficient (Wildman–Crippen LogP) is 0.254. The van der Waals surface area contributed by atoms with Crippen LogP contribution in [0.4, 0.5) is 0 Å². The number of hydrogen-bond donors (Lipinski definition) is 1. The standard InChI is InChI=1S/C2H6.CH4O.B/c2*1-2;/h1-2H3;2H,1H3;. The van der Waals surface area contributed by atoms with Gasteiger partial charge in [-0.1, -0.05) is 13.8 Å². The van der Waals surface area contributed by atoms with E-state index in [0.29, 0.717) is 0 Å². The van der Waals surface area contributed by atoms with E-state index in [1.807, 2.05) is 13.8 Å². The van der Waals surface area contributed by atoms with Gasteiger partial charge in [0.2, 0.25) is 0 Å². The van der Waals surface area contributed by atoms with Gasteiger partial charge in [-0.15, -0.1) is 0 Å². The van der Waals surface area contributed by atoms with E-state index in [9.17, 15) is 0 Å². The van der Waals surface area contributed by atoms with Gasteiger partial charge in [0, 0.05) is 15.5 Å². The van der Waals surface area contributed by atoms with E-state index >= 15 is 0 Å². The fourth-order valence-corrected chi connectivity index (χ4v) is 0. The molecule has 5 heavy (non-hydrogen) atoms. The third-order valence-electron chi connectivity index (χ3n) is 0. The lowest BCUT2D eigenvalue weighted by atomic mass is 10.8. The monoisotopic (exact) mass is 73.1 g/mol. The fraction of sp³-hybridized carbons (Fsp3) is 1.00. The van der Waals surface area contributed by atoms with Crippen molar-refractivity contribution >= 4 is 8.41 Å². The Bertz CT molecular complexity index is 6.85. The number of aliphatic hydroxyl groups is 1. The Morgan fingerprint density at radius 2 is 1.00 bits per heavy atom. The molecule has 2 heteroatoms. The van der Waals surface area contributed by atoms with Gasteiger partial charge in [0.25, 0.3) is 0 Å². The van der Waals surface area contributed by atoms with Gasteiger partial charge in [-0.2, -0.15) is 0 Å². The molecule has 0 aliphatic carbocycles. The molecular weight excluding hydrogens is 62.8 g/mol. The first-order valence-electron chi connectivity index (χ1n) is 1.45. The van der Waals surface area contributed by atoms with Crippen molar-refractivity contribution in [2.45, 2.75) is 13.8 Å². The molecule has 0 unspecified atom stereocenters. The van der Waals surface area contributed by atoms with Gasteiger partial charge in [0.1, 0.15) is 0 Å². The maximum Gasteiger partial charge on any atom is 0.0319 e. The molecule has 0 aromatic rings. The van der Waals surface area contributed by atoms with E-state index in [0.717, 1.165) is 7.11 Å². The average molecular weight is 72.9 g/mol. The molecule has 1 N–H and O–H groups in total. The molecule has 0 atom stereocenters. The second-order valence-corrected chi connectivity index (χ2v) is 0. The Labute approximate surface area is 35.6 Å². The third kappa shape index (κ3) is 26500. The van der Waals surface area contributed by atoms with Gasteiger partial charge in [0.15, 0.2) is 0 Å². The van der Waals surface area contributed by atoms with Crippen molar-refractivity contribution in [3.8, 4) is 0 Å². The van der Waals surface area contributed by atoms with Crippen molar-refractivity contribution in [3.63, 3.8) is 0 Å². The van der Waals surface area contributed by atoms with Crippen molar-refractivity contribution in [2.75, 3.05) is 7.11 Å². The lowest BCUT2D eigenvalue weighted by molar-refractivity contribution is 0.399. The molecule has 0 spiro atoms. The van der Waals surface area contributed by atoms with E-state index in [1.54, 1.807) is 0 Å². The van der Waals surface area contributed by atoms with Gasteiger partial charge < -0.3 is 5.11 Å². The molecule has 0 rings (SSSR count). The molecule has 0 aromatic carbocycles. The largest absolute Gasteiger partial charge is 0.400 e. The summed E-state index contributed by atoms with van der Waals surface area (Å²) in [6, 6.07) is 0. The molecule has 0 saturated heterocycles. The number of rotatable bonds is 0. The van der Waals surface area contributed by atoms with Gasteiger partial charge in [-0.3, -0.25) is 0 Å². The van der Waals surface area contributed by atoms with Gasteiger partial charge in [0.05, 0.1) is 0 Å². The Kier molecular flexibility index (Phi) is 235000. The van der Waals surface area contributed by atoms with Crippen LogP contribution in [-0.4, -0.2) is 20.6 Å². The second kappa shape index (κ2) is 59200. The SMILES string of the molecule is CC.CO.[B]. The Hall–Kier alpha value is 0.0249. The molecule has 0 aliphatic rings. The van der Waals surface area contributed by atoms with Crippen LogP contribution in [0.15, 0.2) is 0 Å². The van der Waals surface area contributed by atoms with E-state index in [2.05, 4.69) is 0 Å². The minimum Gasteiger partial charge on any atom is -0.400 e. The summed E-state index contributed by atoms with van der Waals surface area (Å²) in [6.07, 6.45) is 0. The lowest BCUT2D eigenvalue weighted by Gasteiger charge is -1.21. The molecule has 0 aliphatic heterocycles. The molecule has 31 valence electrons. The van der Waals surface area contributed by atoms with E-state index in [4.69, 9.17) is 5.11 Å². The molecular formula is C3H10BO. The van der Waals surface area contributed by atoms with E-state index in [1.165, 1.54) is 0 Å². The average Bonchev–Trinajstić information content (AvgIpc) is 1.50. The van der Waals surface area contributed by atoms with Crippen LogP contribution in [0.1, 0.15) is 13.8 Å². The third-order valence-corrected chi connectivity index (χ3v) is 0. The molecule has 3 radical (unpaired) electrons. The molecule has 0 heterocycles. The van der Waals surface area contributed by atoms with Crippen molar-refractivity contribution in [1.29, 1.82) is 0 Å². The zero-order valence-electron chi connectivity index (χ0n) is 4.02. The molecule has 0 bridgehead atoms. The van der Waals surface area contributed by atoms with Gasteiger partial charge >= 0.3 is 0 Å². The summed E-state index contributed by atoms with van der Waals surface area (Å²) in [5, 5.41) is 7.00. The summed E-state index contributed by atoms with van der Waals surface area (Å²) >= 11 is 0. The molecule has 0 aromatic heterocycles. The van der Waals surface area contributed by atoms with Crippen molar-refractivity contribution < 1.29 is 5.11 Å². The predicted molar refractivity (Wildman–Crippen MR) is 25.2 cm³/mol. The summed E-state index contributed by atoms with van der Waals surface area (Å²) in [5.74, 6) is 0. The summed E-state index contributed by atoms with van der Waals surface area (Å²) in [5.41, 5.74) is 0. The van der Waals surface area contributed by atoms with Gasteiger partial charge in [-0.05, 0) is 0 Å². The fourth-order valence-electron chi connectivity index (χ4n) is 0. The van der Waals surface area contributed by atoms with Crippen LogP contribution >= 0.6 is 0 Å². The summed E-state index contributed by atoms with van der Waals surface area (Å²) in [6.45, 7) is 4.00. The second-order valence-electron chi connectivity index (χ2n) is 0. The van der Waals surface area contributed by atoms with Crippen LogP contribution in [0.5, 0.6) is 0 Å². The highest BCUT2D eigenvalue weighted by molar-refractivity contribution is 5.75. The quantitative estimate of drug-likeness (QED) is 0.407. The van der Waals surface area contributed by atoms with Crippen molar-refractivity contribution in [3.05, 3.63) is 0 Å². The van der Waals surface area contributed by atoms with Crippen LogP contribution in [0.25, 0.3) is 0 Å². The number of aliphatic hydroxyl groups excluding tert-OH is 1. The molecule has 0 saturated carbocycles. The minimum atomic E-state index is 0. The first kappa shape index (κ1) is 19.9. The Morgan fingerprint density at radius 1 is 1.00 bits per heavy atom. The normalized spacial score (nSPS) is 2.40. The van der Waals surface area contributed by atoms with Crippen molar-refractivity contribution in [1.82, 2.24) is 0 Å². The van der Waals surface area contributed by atoms with Crippen molar-refractivity contribution in [2.24, 2.45) is 0 Å². The van der Waals surface area contributed by atoms with E-state index in [-0.39, 0.29) is 8.41 Å². The summed E-state index contributed by atoms with van der Waals surface area (Å²) in [4.78, 5) is 0. The first-order chi connectivity index (χ1) is 2.00. The summed E-state index contributed by atoms with van der Waals surface area (Å²) < 4.78 is 0. The number of hydrogen-bond acceptors (Lipinski definition) is 1. The Balaban J connectivity index is -0.0000000133. The highest BCUT2D eigenvalue weighted by Gasteiger charge is 0.932.